The lowest BCUT2D eigenvalue weighted by Crippen LogP contribution is -2.49. The number of hydrogen-bond acceptors (Lipinski definition) is 6. The molecule has 3 rings (SSSR count). The highest BCUT2D eigenvalue weighted by Crippen LogP contribution is 2.26. The number of aromatic nitrogens is 1. The second-order valence-corrected chi connectivity index (χ2v) is 8.87. The molecule has 2 aromatic rings. The summed E-state index contributed by atoms with van der Waals surface area (Å²) in [5.41, 5.74) is 1.20. The SMILES string of the molecule is COCCCS(=O)(=O)N1CCN(c2cc(C#N)c3cc(Cl)ccc3n2)CC1. The number of sulfonamides is 1. The van der Waals surface area contributed by atoms with Gasteiger partial charge in [0.2, 0.25) is 10.0 Å². The molecule has 0 bridgehead atoms. The number of hydrogen-bond donors (Lipinski definition) is 0. The highest BCUT2D eigenvalue weighted by molar-refractivity contribution is 7.89. The summed E-state index contributed by atoms with van der Waals surface area (Å²) in [5, 5.41) is 10.7. The molecule has 1 aromatic heterocycles. The Hall–Kier alpha value is -1.92. The van der Waals surface area contributed by atoms with Crippen molar-refractivity contribution in [1.82, 2.24) is 9.29 Å². The molecule has 27 heavy (non-hydrogen) atoms. The highest BCUT2D eigenvalue weighted by atomic mass is 35.5. The number of nitrogens with zero attached hydrogens (tertiary/aromatic N) is 4. The molecule has 0 N–H and O–H groups in total. The Labute approximate surface area is 164 Å². The van der Waals surface area contributed by atoms with Crippen LogP contribution in [0.5, 0.6) is 0 Å². The van der Waals surface area contributed by atoms with E-state index in [0.29, 0.717) is 66.5 Å². The normalized spacial score (nSPS) is 15.8. The number of rotatable bonds is 6. The first-order chi connectivity index (χ1) is 12.9. The number of halogens is 1. The van der Waals surface area contributed by atoms with E-state index in [1.165, 1.54) is 4.31 Å². The molecule has 0 saturated carbocycles. The van der Waals surface area contributed by atoms with Crippen LogP contribution >= 0.6 is 11.6 Å². The fraction of sp³-hybridized carbons (Fsp3) is 0.444. The molecule has 0 radical (unpaired) electrons. The zero-order valence-electron chi connectivity index (χ0n) is 15.1. The van der Waals surface area contributed by atoms with E-state index >= 15 is 0 Å². The van der Waals surface area contributed by atoms with Gasteiger partial charge in [-0.05, 0) is 30.7 Å². The quantitative estimate of drug-likeness (QED) is 0.681. The number of ether oxygens (including phenoxy) is 1. The van der Waals surface area contributed by atoms with E-state index in [2.05, 4.69) is 11.1 Å². The molecule has 1 aliphatic rings. The van der Waals surface area contributed by atoms with Gasteiger partial charge in [-0.1, -0.05) is 11.6 Å². The molecular weight excluding hydrogens is 388 g/mol. The highest BCUT2D eigenvalue weighted by Gasteiger charge is 2.27. The number of pyridine rings is 1. The molecule has 1 aliphatic heterocycles. The Morgan fingerprint density at radius 1 is 1.26 bits per heavy atom. The van der Waals surface area contributed by atoms with Gasteiger partial charge in [-0.2, -0.15) is 9.57 Å². The van der Waals surface area contributed by atoms with Crippen molar-refractivity contribution in [2.24, 2.45) is 0 Å². The van der Waals surface area contributed by atoms with Gasteiger partial charge in [-0.25, -0.2) is 13.4 Å². The van der Waals surface area contributed by atoms with E-state index in [-0.39, 0.29) is 5.75 Å². The third-order valence-corrected chi connectivity index (χ3v) is 6.78. The second-order valence-electron chi connectivity index (χ2n) is 6.35. The van der Waals surface area contributed by atoms with Gasteiger partial charge in [0.25, 0.3) is 0 Å². The number of nitriles is 1. The molecule has 1 fully saturated rings. The molecular formula is C18H21ClN4O3S. The van der Waals surface area contributed by atoms with E-state index in [1.54, 1.807) is 31.4 Å². The maximum Gasteiger partial charge on any atom is 0.214 e. The molecule has 0 aliphatic carbocycles. The minimum Gasteiger partial charge on any atom is -0.385 e. The summed E-state index contributed by atoms with van der Waals surface area (Å²) in [6.07, 6.45) is 0.485. The molecule has 9 heteroatoms. The van der Waals surface area contributed by atoms with Crippen LogP contribution in [0.1, 0.15) is 12.0 Å². The minimum absolute atomic E-state index is 0.0917. The van der Waals surface area contributed by atoms with E-state index in [0.717, 1.165) is 0 Å². The Bertz CT molecular complexity index is 966. The van der Waals surface area contributed by atoms with Gasteiger partial charge >= 0.3 is 0 Å². The van der Waals surface area contributed by atoms with Crippen LogP contribution in [-0.4, -0.2) is 63.4 Å². The lowest BCUT2D eigenvalue weighted by molar-refractivity contribution is 0.199. The fourth-order valence-electron chi connectivity index (χ4n) is 3.15. The molecule has 0 unspecified atom stereocenters. The topological polar surface area (TPSA) is 86.5 Å². The van der Waals surface area contributed by atoms with Crippen molar-refractivity contribution >= 4 is 38.3 Å². The Balaban J connectivity index is 1.75. The van der Waals surface area contributed by atoms with E-state index in [9.17, 15) is 13.7 Å². The Morgan fingerprint density at radius 2 is 2.00 bits per heavy atom. The lowest BCUT2D eigenvalue weighted by Gasteiger charge is -2.34. The predicted octanol–water partition coefficient (Wildman–Crippen LogP) is 2.25. The fourth-order valence-corrected chi connectivity index (χ4v) is 4.78. The number of piperazine rings is 1. The maximum absolute atomic E-state index is 12.4. The molecule has 7 nitrogen and oxygen atoms in total. The summed E-state index contributed by atoms with van der Waals surface area (Å²) < 4.78 is 31.2. The molecule has 144 valence electrons. The van der Waals surface area contributed by atoms with Crippen molar-refractivity contribution in [1.29, 1.82) is 5.26 Å². The van der Waals surface area contributed by atoms with Crippen LogP contribution in [0.25, 0.3) is 10.9 Å². The molecule has 0 amide bonds. The molecule has 1 saturated heterocycles. The van der Waals surface area contributed by atoms with Crippen molar-refractivity contribution < 1.29 is 13.2 Å². The number of anilines is 1. The summed E-state index contributed by atoms with van der Waals surface area (Å²) in [6, 6.07) is 9.20. The van der Waals surface area contributed by atoms with Gasteiger partial charge in [-0.15, -0.1) is 0 Å². The van der Waals surface area contributed by atoms with Gasteiger partial charge in [0.1, 0.15) is 5.82 Å². The van der Waals surface area contributed by atoms with Gasteiger partial charge in [0, 0.05) is 50.3 Å². The Morgan fingerprint density at radius 3 is 2.67 bits per heavy atom. The minimum atomic E-state index is -3.27. The van der Waals surface area contributed by atoms with Gasteiger partial charge in [0.15, 0.2) is 0 Å². The third kappa shape index (κ3) is 4.50. The van der Waals surface area contributed by atoms with Crippen LogP contribution in [0.2, 0.25) is 5.02 Å². The van der Waals surface area contributed by atoms with Gasteiger partial charge < -0.3 is 9.64 Å². The number of methoxy groups -OCH3 is 1. The van der Waals surface area contributed by atoms with E-state index in [1.807, 2.05) is 4.90 Å². The van der Waals surface area contributed by atoms with Crippen molar-refractivity contribution in [2.75, 3.05) is 50.5 Å². The first-order valence-corrected chi connectivity index (χ1v) is 10.7. The van der Waals surface area contributed by atoms with Crippen molar-refractivity contribution in [3.63, 3.8) is 0 Å². The summed E-state index contributed by atoms with van der Waals surface area (Å²) in [4.78, 5) is 6.64. The Kier molecular flexibility index (Phi) is 6.17. The van der Waals surface area contributed by atoms with Crippen LogP contribution in [0.15, 0.2) is 24.3 Å². The second kappa shape index (κ2) is 8.40. The molecule has 2 heterocycles. The van der Waals surface area contributed by atoms with Crippen molar-refractivity contribution in [3.05, 3.63) is 34.9 Å². The number of benzene rings is 1. The monoisotopic (exact) mass is 408 g/mol. The van der Waals surface area contributed by atoms with Crippen LogP contribution in [0.3, 0.4) is 0 Å². The van der Waals surface area contributed by atoms with Gasteiger partial charge in [-0.3, -0.25) is 0 Å². The number of fused-ring (bicyclic) bond motifs is 1. The average Bonchev–Trinajstić information content (AvgIpc) is 2.67. The lowest BCUT2D eigenvalue weighted by atomic mass is 10.1. The standard InChI is InChI=1S/C18H21ClN4O3S/c1-26-9-2-10-27(24,25)23-7-5-22(6-8-23)18-11-14(13-20)16-12-15(19)3-4-17(16)21-18/h3-4,11-12H,2,5-10H2,1H3. The van der Waals surface area contributed by atoms with Crippen LogP contribution < -0.4 is 4.90 Å². The van der Waals surface area contributed by atoms with Crippen molar-refractivity contribution in [2.45, 2.75) is 6.42 Å². The summed E-state index contributed by atoms with van der Waals surface area (Å²) in [6.45, 7) is 2.29. The largest absolute Gasteiger partial charge is 0.385 e. The zero-order valence-corrected chi connectivity index (χ0v) is 16.6. The predicted molar refractivity (Wildman–Crippen MR) is 106 cm³/mol. The zero-order chi connectivity index (χ0) is 19.4. The summed E-state index contributed by atoms with van der Waals surface area (Å²) >= 11 is 6.02. The average molecular weight is 409 g/mol. The van der Waals surface area contributed by atoms with Crippen LogP contribution in [0, 0.1) is 11.3 Å². The van der Waals surface area contributed by atoms with E-state index in [4.69, 9.17) is 16.3 Å². The van der Waals surface area contributed by atoms with Crippen molar-refractivity contribution in [3.8, 4) is 6.07 Å². The maximum atomic E-state index is 12.4. The first kappa shape index (κ1) is 19.8. The first-order valence-electron chi connectivity index (χ1n) is 8.67. The summed E-state index contributed by atoms with van der Waals surface area (Å²) in [5.74, 6) is 0.770. The smallest absolute Gasteiger partial charge is 0.214 e. The molecule has 1 aromatic carbocycles. The van der Waals surface area contributed by atoms with Crippen LogP contribution in [-0.2, 0) is 14.8 Å². The van der Waals surface area contributed by atoms with E-state index < -0.39 is 10.0 Å². The molecule has 0 spiro atoms. The van der Waals surface area contributed by atoms with Crippen LogP contribution in [0.4, 0.5) is 5.82 Å². The summed E-state index contributed by atoms with van der Waals surface area (Å²) in [7, 11) is -1.71. The molecule has 0 atom stereocenters. The third-order valence-electron chi connectivity index (χ3n) is 4.58. The van der Waals surface area contributed by atoms with Gasteiger partial charge in [0.05, 0.1) is 22.9 Å².